The van der Waals surface area contributed by atoms with Gasteiger partial charge >= 0.3 is 139 Å². The molecule has 0 amide bonds. The minimum absolute atomic E-state index is 0.182. The van der Waals surface area contributed by atoms with Gasteiger partial charge in [0.05, 0.1) is 0 Å². The van der Waals surface area contributed by atoms with E-state index >= 15 is 0 Å². The summed E-state index contributed by atoms with van der Waals surface area (Å²) in [4.78, 5) is 0. The quantitative estimate of drug-likeness (QED) is 0.197. The zero-order chi connectivity index (χ0) is 23.8. The van der Waals surface area contributed by atoms with Gasteiger partial charge in [-0.3, -0.25) is 0 Å². The van der Waals surface area contributed by atoms with E-state index in [1.54, 1.807) is 0 Å². The van der Waals surface area contributed by atoms with Gasteiger partial charge in [0, 0.05) is 0 Å². The summed E-state index contributed by atoms with van der Waals surface area (Å²) < 4.78 is 2.62. The summed E-state index contributed by atoms with van der Waals surface area (Å²) >= 11 is -0.363. The molecule has 0 heterocycles. The molecule has 0 saturated carbocycles. The van der Waals surface area contributed by atoms with Crippen LogP contribution in [0.15, 0.2) is 0 Å². The first-order chi connectivity index (χ1) is 11.6. The number of rotatable bonds is 1. The summed E-state index contributed by atoms with van der Waals surface area (Å²) in [7, 11) is 2.24. The van der Waals surface area contributed by atoms with Gasteiger partial charge in [0.25, 0.3) is 0 Å². The van der Waals surface area contributed by atoms with Crippen LogP contribution in [0.2, 0.25) is 13.7 Å². The zero-order valence-corrected chi connectivity index (χ0v) is 30.7. The molecule has 0 nitrogen and oxygen atoms in total. The molecule has 0 aliphatic rings. The van der Waals surface area contributed by atoms with Crippen molar-refractivity contribution in [2.75, 3.05) is 0 Å². The van der Waals surface area contributed by atoms with E-state index in [-0.39, 0.29) is 42.3 Å². The van der Waals surface area contributed by atoms with Crippen molar-refractivity contribution in [1.82, 2.24) is 0 Å². The van der Waals surface area contributed by atoms with Crippen LogP contribution in [-0.4, -0.2) is 52.6 Å². The molecule has 4 heteroatoms. The Kier molecular flexibility index (Phi) is 16.6. The van der Waals surface area contributed by atoms with E-state index < -0.39 is 0 Å². The summed E-state index contributed by atoms with van der Waals surface area (Å²) in [6.07, 6.45) is 0. The van der Waals surface area contributed by atoms with Gasteiger partial charge in [0.15, 0.2) is 0 Å². The first-order valence-corrected chi connectivity index (χ1v) is 19.5. The van der Waals surface area contributed by atoms with Crippen molar-refractivity contribution in [3.05, 3.63) is 0 Å². The van der Waals surface area contributed by atoms with Crippen molar-refractivity contribution >= 4 is 58.8 Å². The van der Waals surface area contributed by atoms with Crippen molar-refractivity contribution in [3.8, 4) is 0 Å². The molecule has 0 aromatic carbocycles. The monoisotopic (exact) mass is 646 g/mol. The average molecular weight is 644 g/mol. The van der Waals surface area contributed by atoms with Crippen LogP contribution in [-0.2, 0) is 0 Å². The standard InChI is InChI=1S/C8H20P2.4C4H9.2Sn/c1-7(2,3)9-10-8(4,5)6;4*1-4(2)3;;/h9-10H,1-6H3;4*1-3H3;;. The minimum atomic E-state index is -0.182. The van der Waals surface area contributed by atoms with Gasteiger partial charge in [-0.2, -0.15) is 0 Å². The summed E-state index contributed by atoms with van der Waals surface area (Å²) in [6.45, 7) is 42.3. The molecule has 0 aliphatic heterocycles. The second-order valence-corrected chi connectivity index (χ2v) is 37.6. The molecule has 0 rings (SSSR count). The Hall–Kier alpha value is 2.46. The molecule has 0 fully saturated rings. The normalized spacial score (nSPS) is 14.8. The van der Waals surface area contributed by atoms with Gasteiger partial charge in [0.2, 0.25) is 0 Å². The molecular weight excluding hydrogens is 588 g/mol. The van der Waals surface area contributed by atoms with Crippen molar-refractivity contribution in [2.45, 2.75) is 149 Å². The van der Waals surface area contributed by atoms with Crippen LogP contribution in [0.25, 0.3) is 0 Å². The maximum atomic E-state index is 2.37. The fourth-order valence-electron chi connectivity index (χ4n) is 2.62. The summed E-state index contributed by atoms with van der Waals surface area (Å²) in [5.41, 5.74) is 0. The van der Waals surface area contributed by atoms with Crippen LogP contribution in [0.4, 0.5) is 0 Å². The first kappa shape index (κ1) is 35.1. The predicted octanol–water partition coefficient (Wildman–Crippen LogP) is 10.1. The van der Waals surface area contributed by atoms with Gasteiger partial charge in [-0.15, -0.1) is 0 Å². The molecule has 2 atom stereocenters. The van der Waals surface area contributed by atoms with Crippen molar-refractivity contribution in [2.24, 2.45) is 0 Å². The summed E-state index contributed by atoms with van der Waals surface area (Å²) in [5.74, 6) is 0. The van der Waals surface area contributed by atoms with Gasteiger partial charge in [0.1, 0.15) is 0 Å². The number of hydrogen-bond acceptors (Lipinski definition) is 0. The van der Waals surface area contributed by atoms with Gasteiger partial charge < -0.3 is 0 Å². The molecule has 0 aromatic heterocycles. The fraction of sp³-hybridized carbons (Fsp3) is 1.00. The van der Waals surface area contributed by atoms with Crippen LogP contribution in [0.3, 0.4) is 0 Å². The molecule has 0 aromatic rings. The predicted molar refractivity (Wildman–Crippen MR) is 147 cm³/mol. The summed E-state index contributed by atoms with van der Waals surface area (Å²) in [6, 6.07) is 0. The fourth-order valence-corrected chi connectivity index (χ4v) is 18.5. The van der Waals surface area contributed by atoms with Crippen LogP contribution in [0.1, 0.15) is 125 Å². The Bertz CT molecular complexity index is 325. The van der Waals surface area contributed by atoms with Gasteiger partial charge in [-0.05, 0) is 10.3 Å². The molecule has 4 radical (unpaired) electrons. The Morgan fingerprint density at radius 3 is 0.500 bits per heavy atom. The second-order valence-electron chi connectivity index (χ2n) is 14.0. The Morgan fingerprint density at radius 1 is 0.321 bits per heavy atom. The third-order valence-electron chi connectivity index (χ3n) is 2.31. The molecule has 28 heavy (non-hydrogen) atoms. The maximum absolute atomic E-state index is 2.37. The van der Waals surface area contributed by atoms with Crippen LogP contribution < -0.4 is 0 Å². The van der Waals surface area contributed by atoms with E-state index in [0.717, 1.165) is 16.5 Å². The third-order valence-corrected chi connectivity index (χ3v) is 17.4. The molecule has 0 spiro atoms. The Labute approximate surface area is 206 Å². The summed E-state index contributed by atoms with van der Waals surface area (Å²) in [5, 5.41) is 1.09. The van der Waals surface area contributed by atoms with E-state index in [2.05, 4.69) is 125 Å². The molecule has 170 valence electrons. The van der Waals surface area contributed by atoms with Gasteiger partial charge in [-0.1, -0.05) is 58.1 Å². The van der Waals surface area contributed by atoms with E-state index in [9.17, 15) is 0 Å². The molecule has 0 saturated heterocycles. The topological polar surface area (TPSA) is 0 Å². The Balaban J connectivity index is -0.000000336. The third kappa shape index (κ3) is 46.6. The second kappa shape index (κ2) is 13.2. The van der Waals surface area contributed by atoms with Gasteiger partial charge in [-0.25, -0.2) is 0 Å². The molecular formula is C24H56P2Sn2. The molecule has 0 bridgehead atoms. The number of hydrogen-bond donors (Lipinski definition) is 0. The molecule has 2 unspecified atom stereocenters. The van der Waals surface area contributed by atoms with Crippen LogP contribution in [0, 0.1) is 0 Å². The Morgan fingerprint density at radius 2 is 0.464 bits per heavy atom. The van der Waals surface area contributed by atoms with Crippen molar-refractivity contribution in [1.29, 1.82) is 0 Å². The first-order valence-electron chi connectivity index (χ1n) is 10.8. The van der Waals surface area contributed by atoms with E-state index in [1.807, 2.05) is 0 Å². The van der Waals surface area contributed by atoms with E-state index in [4.69, 9.17) is 0 Å². The molecule has 0 aliphatic carbocycles. The van der Waals surface area contributed by atoms with Crippen molar-refractivity contribution in [3.63, 3.8) is 0 Å². The van der Waals surface area contributed by atoms with E-state index in [1.165, 1.54) is 0 Å². The van der Waals surface area contributed by atoms with E-state index in [0.29, 0.717) is 24.0 Å². The van der Waals surface area contributed by atoms with Crippen LogP contribution in [0.5, 0.6) is 0 Å². The average Bonchev–Trinajstić information content (AvgIpc) is 2.14. The van der Waals surface area contributed by atoms with Crippen LogP contribution >= 0.6 is 16.5 Å². The molecule has 0 N–H and O–H groups in total. The van der Waals surface area contributed by atoms with Crippen molar-refractivity contribution < 1.29 is 0 Å². The zero-order valence-electron chi connectivity index (χ0n) is 23.0. The SMILES string of the molecule is CC(C)(C)PPC(C)(C)C.C[C](C)(C)[Sn][C](C)(C)C.C[C](C)(C)[Sn][C](C)(C)C.